The highest BCUT2D eigenvalue weighted by Gasteiger charge is 2.30. The van der Waals surface area contributed by atoms with Crippen molar-refractivity contribution in [3.63, 3.8) is 0 Å². The average molecular weight is 243 g/mol. The maximum absolute atomic E-state index is 9.70. The third-order valence-electron chi connectivity index (χ3n) is 3.85. The fraction of sp³-hybridized carbons (Fsp3) is 1.00. The molecule has 4 nitrogen and oxygen atoms in total. The first-order valence-electron chi connectivity index (χ1n) is 6.85. The average Bonchev–Trinajstić information content (AvgIpc) is 2.51. The molecule has 0 aromatic carbocycles. The number of likely N-dealkylation sites (N-methyl/N-ethyl adjacent to an activating group) is 1. The number of hydrogen-bond donors (Lipinski definition) is 2. The Morgan fingerprint density at radius 2 is 2.06 bits per heavy atom. The summed E-state index contributed by atoms with van der Waals surface area (Å²) < 4.78 is 0. The molecule has 0 aromatic rings. The number of likely N-dealkylation sites (tertiary alicyclic amines) is 1. The van der Waals surface area contributed by atoms with Gasteiger partial charge in [-0.15, -0.1) is 0 Å². The maximum atomic E-state index is 9.70. The van der Waals surface area contributed by atoms with Gasteiger partial charge in [-0.2, -0.15) is 0 Å². The van der Waals surface area contributed by atoms with E-state index in [-0.39, 0.29) is 12.1 Å². The molecule has 0 amide bonds. The van der Waals surface area contributed by atoms with Crippen molar-refractivity contribution >= 4 is 0 Å². The molecule has 1 heterocycles. The highest BCUT2D eigenvalue weighted by atomic mass is 16.3. The number of aliphatic hydroxyl groups is 1. The second kappa shape index (κ2) is 7.31. The van der Waals surface area contributed by atoms with Crippen LogP contribution in [0.2, 0.25) is 0 Å². The van der Waals surface area contributed by atoms with Crippen LogP contribution in [-0.2, 0) is 0 Å². The Kier molecular flexibility index (Phi) is 6.41. The van der Waals surface area contributed by atoms with Gasteiger partial charge in [0.15, 0.2) is 0 Å². The van der Waals surface area contributed by atoms with Crippen molar-refractivity contribution in [2.45, 2.75) is 31.7 Å². The Balaban J connectivity index is 2.44. The van der Waals surface area contributed by atoms with Gasteiger partial charge in [0.2, 0.25) is 0 Å². The fourth-order valence-corrected chi connectivity index (χ4v) is 2.50. The molecule has 1 fully saturated rings. The number of aliphatic hydroxyl groups excluding tert-OH is 1. The lowest BCUT2D eigenvalue weighted by molar-refractivity contribution is 0.140. The van der Waals surface area contributed by atoms with Gasteiger partial charge in [-0.1, -0.05) is 6.92 Å². The molecular formula is C13H29N3O. The predicted octanol–water partition coefficient (Wildman–Crippen LogP) is 0.375. The lowest BCUT2D eigenvalue weighted by Crippen LogP contribution is -2.51. The van der Waals surface area contributed by atoms with Crippen LogP contribution in [0.15, 0.2) is 0 Å². The molecule has 0 radical (unpaired) electrons. The summed E-state index contributed by atoms with van der Waals surface area (Å²) in [6, 6.07) is 0. The first-order valence-corrected chi connectivity index (χ1v) is 6.85. The SMILES string of the molecule is CCN1CCCC(CO)(NCCN(C)C)CC1. The lowest BCUT2D eigenvalue weighted by Gasteiger charge is -2.32. The van der Waals surface area contributed by atoms with Crippen LogP contribution in [0, 0.1) is 0 Å². The zero-order valence-corrected chi connectivity index (χ0v) is 11.7. The number of nitrogens with one attached hydrogen (secondary N) is 1. The van der Waals surface area contributed by atoms with Crippen LogP contribution >= 0.6 is 0 Å². The summed E-state index contributed by atoms with van der Waals surface area (Å²) in [4.78, 5) is 4.65. The normalized spacial score (nSPS) is 27.4. The lowest BCUT2D eigenvalue weighted by atomic mass is 9.91. The molecule has 0 bridgehead atoms. The summed E-state index contributed by atoms with van der Waals surface area (Å²) >= 11 is 0. The van der Waals surface area contributed by atoms with E-state index >= 15 is 0 Å². The van der Waals surface area contributed by atoms with Crippen LogP contribution in [-0.4, -0.2) is 73.9 Å². The molecule has 0 saturated carbocycles. The molecule has 1 rings (SSSR count). The molecule has 102 valence electrons. The molecule has 1 aliphatic heterocycles. The number of nitrogens with zero attached hydrogens (tertiary/aromatic N) is 2. The van der Waals surface area contributed by atoms with Gasteiger partial charge < -0.3 is 20.2 Å². The van der Waals surface area contributed by atoms with Crippen molar-refractivity contribution in [3.8, 4) is 0 Å². The van der Waals surface area contributed by atoms with E-state index in [1.807, 2.05) is 0 Å². The minimum absolute atomic E-state index is 0.0417. The molecule has 0 aromatic heterocycles. The van der Waals surface area contributed by atoms with Crippen molar-refractivity contribution in [2.75, 3.05) is 53.4 Å². The van der Waals surface area contributed by atoms with Crippen molar-refractivity contribution < 1.29 is 5.11 Å². The van der Waals surface area contributed by atoms with Crippen LogP contribution < -0.4 is 5.32 Å². The van der Waals surface area contributed by atoms with Crippen LogP contribution in [0.5, 0.6) is 0 Å². The molecule has 0 aliphatic carbocycles. The van der Waals surface area contributed by atoms with Gasteiger partial charge in [-0.05, 0) is 53.0 Å². The van der Waals surface area contributed by atoms with E-state index < -0.39 is 0 Å². The molecule has 1 saturated heterocycles. The van der Waals surface area contributed by atoms with Crippen molar-refractivity contribution in [1.29, 1.82) is 0 Å². The fourth-order valence-electron chi connectivity index (χ4n) is 2.50. The third kappa shape index (κ3) is 4.92. The highest BCUT2D eigenvalue weighted by molar-refractivity contribution is 4.90. The Labute approximate surface area is 106 Å². The summed E-state index contributed by atoms with van der Waals surface area (Å²) in [5, 5.41) is 13.3. The van der Waals surface area contributed by atoms with Gasteiger partial charge in [-0.25, -0.2) is 0 Å². The van der Waals surface area contributed by atoms with Crippen molar-refractivity contribution in [3.05, 3.63) is 0 Å². The summed E-state index contributed by atoms with van der Waals surface area (Å²) in [6.45, 7) is 7.86. The van der Waals surface area contributed by atoms with Gasteiger partial charge >= 0.3 is 0 Å². The standard InChI is InChI=1S/C13H29N3O/c1-4-16-9-5-6-13(12-17,7-10-16)14-8-11-15(2)3/h14,17H,4-12H2,1-3H3. The minimum Gasteiger partial charge on any atom is -0.394 e. The van der Waals surface area contributed by atoms with E-state index in [9.17, 15) is 5.11 Å². The second-order valence-electron chi connectivity index (χ2n) is 5.46. The van der Waals surface area contributed by atoms with Crippen molar-refractivity contribution in [1.82, 2.24) is 15.1 Å². The quantitative estimate of drug-likeness (QED) is 0.707. The summed E-state index contributed by atoms with van der Waals surface area (Å²) in [7, 11) is 4.17. The minimum atomic E-state index is -0.0417. The summed E-state index contributed by atoms with van der Waals surface area (Å²) in [5.74, 6) is 0. The molecule has 1 atom stereocenters. The van der Waals surface area contributed by atoms with Crippen LogP contribution in [0.4, 0.5) is 0 Å². The molecule has 2 N–H and O–H groups in total. The van der Waals surface area contributed by atoms with Gasteiger partial charge in [0, 0.05) is 18.6 Å². The van der Waals surface area contributed by atoms with Crippen LogP contribution in [0.1, 0.15) is 26.2 Å². The highest BCUT2D eigenvalue weighted by Crippen LogP contribution is 2.21. The Morgan fingerprint density at radius 3 is 2.65 bits per heavy atom. The first kappa shape index (κ1) is 14.9. The van der Waals surface area contributed by atoms with Crippen LogP contribution in [0.3, 0.4) is 0 Å². The third-order valence-corrected chi connectivity index (χ3v) is 3.85. The largest absolute Gasteiger partial charge is 0.394 e. The Morgan fingerprint density at radius 1 is 1.29 bits per heavy atom. The van der Waals surface area contributed by atoms with Gasteiger partial charge in [-0.3, -0.25) is 0 Å². The van der Waals surface area contributed by atoms with Gasteiger partial charge in [0.25, 0.3) is 0 Å². The molecular weight excluding hydrogens is 214 g/mol. The van der Waals surface area contributed by atoms with Gasteiger partial charge in [0.05, 0.1) is 6.61 Å². The van der Waals surface area contributed by atoms with Crippen LogP contribution in [0.25, 0.3) is 0 Å². The maximum Gasteiger partial charge on any atom is 0.0613 e. The Hall–Kier alpha value is -0.160. The van der Waals surface area contributed by atoms with Gasteiger partial charge in [0.1, 0.15) is 0 Å². The van der Waals surface area contributed by atoms with E-state index in [4.69, 9.17) is 0 Å². The number of hydrogen-bond acceptors (Lipinski definition) is 4. The smallest absolute Gasteiger partial charge is 0.0613 e. The monoisotopic (exact) mass is 243 g/mol. The number of rotatable bonds is 6. The van der Waals surface area contributed by atoms with E-state index in [0.717, 1.165) is 39.0 Å². The van der Waals surface area contributed by atoms with E-state index in [1.54, 1.807) is 0 Å². The van der Waals surface area contributed by atoms with E-state index in [2.05, 4.69) is 36.1 Å². The first-order chi connectivity index (χ1) is 8.12. The molecule has 4 heteroatoms. The van der Waals surface area contributed by atoms with E-state index in [0.29, 0.717) is 0 Å². The topological polar surface area (TPSA) is 38.7 Å². The molecule has 0 spiro atoms. The molecule has 1 unspecified atom stereocenters. The molecule has 17 heavy (non-hydrogen) atoms. The van der Waals surface area contributed by atoms with Crippen molar-refractivity contribution in [2.24, 2.45) is 0 Å². The second-order valence-corrected chi connectivity index (χ2v) is 5.46. The predicted molar refractivity (Wildman–Crippen MR) is 72.3 cm³/mol. The summed E-state index contributed by atoms with van der Waals surface area (Å²) in [6.07, 6.45) is 3.33. The Bertz CT molecular complexity index is 211. The zero-order chi connectivity index (χ0) is 12.7. The van der Waals surface area contributed by atoms with E-state index in [1.165, 1.54) is 13.0 Å². The summed E-state index contributed by atoms with van der Waals surface area (Å²) in [5.41, 5.74) is -0.0417. The molecule has 1 aliphatic rings. The zero-order valence-electron chi connectivity index (χ0n) is 11.7.